The SMILES string of the molecule is C=CCCC=CCCCCCCCCC(O[Si](C)(C)C(C)(C)C)C(C=O)(O[Si](C)(C)C(C)(C)C)O[Si](C)(C)C(C)(C)C. The fourth-order valence-electron chi connectivity index (χ4n) is 4.00. The molecule has 0 heterocycles. The molecule has 4 nitrogen and oxygen atoms in total. The quantitative estimate of drug-likeness (QED) is 0.0436. The van der Waals surface area contributed by atoms with Crippen molar-refractivity contribution in [1.82, 2.24) is 0 Å². The summed E-state index contributed by atoms with van der Waals surface area (Å²) >= 11 is 0. The van der Waals surface area contributed by atoms with Crippen molar-refractivity contribution < 1.29 is 18.1 Å². The van der Waals surface area contributed by atoms with E-state index in [0.29, 0.717) is 0 Å². The lowest BCUT2D eigenvalue weighted by Crippen LogP contribution is -2.65. The van der Waals surface area contributed by atoms with E-state index in [4.69, 9.17) is 13.3 Å². The third kappa shape index (κ3) is 13.4. The minimum absolute atomic E-state index is 0.00789. The van der Waals surface area contributed by atoms with Crippen molar-refractivity contribution >= 4 is 31.2 Å². The zero-order valence-corrected chi connectivity index (χ0v) is 33.8. The van der Waals surface area contributed by atoms with E-state index in [1.54, 1.807) is 0 Å². The number of aldehydes is 1. The molecule has 0 saturated carbocycles. The van der Waals surface area contributed by atoms with Crippen LogP contribution >= 0.6 is 0 Å². The number of carbonyl (C=O) groups is 1. The number of hydrogen-bond acceptors (Lipinski definition) is 4. The summed E-state index contributed by atoms with van der Waals surface area (Å²) in [6.45, 7) is 37.3. The Balaban J connectivity index is 6.05. The van der Waals surface area contributed by atoms with E-state index in [1.807, 2.05) is 6.08 Å². The van der Waals surface area contributed by atoms with Crippen LogP contribution in [0.2, 0.25) is 54.4 Å². The van der Waals surface area contributed by atoms with Crippen molar-refractivity contribution in [3.05, 3.63) is 24.8 Å². The molecule has 0 aliphatic rings. The molecule has 7 heteroatoms. The molecule has 0 rings (SSSR count). The van der Waals surface area contributed by atoms with Gasteiger partial charge < -0.3 is 13.3 Å². The van der Waals surface area contributed by atoms with E-state index in [9.17, 15) is 4.79 Å². The molecular weight excluding hydrogens is 569 g/mol. The highest BCUT2D eigenvalue weighted by Gasteiger charge is 2.56. The molecule has 0 aromatic carbocycles. The Morgan fingerprint density at radius 2 is 1.00 bits per heavy atom. The van der Waals surface area contributed by atoms with Crippen molar-refractivity contribution in [2.24, 2.45) is 0 Å². The van der Waals surface area contributed by atoms with Crippen LogP contribution in [-0.2, 0) is 18.1 Å². The topological polar surface area (TPSA) is 44.8 Å². The van der Waals surface area contributed by atoms with Crippen LogP contribution in [0.1, 0.15) is 127 Å². The first kappa shape index (κ1) is 41.7. The normalized spacial score (nSPS) is 15.3. The fourth-order valence-corrected chi connectivity index (χ4v) is 8.08. The van der Waals surface area contributed by atoms with Gasteiger partial charge in [0.2, 0.25) is 5.79 Å². The van der Waals surface area contributed by atoms with Gasteiger partial charge in [-0.2, -0.15) is 0 Å². The lowest BCUT2D eigenvalue weighted by molar-refractivity contribution is -0.190. The molecule has 0 aliphatic carbocycles. The molecule has 0 aromatic rings. The molecule has 0 spiro atoms. The van der Waals surface area contributed by atoms with Crippen LogP contribution in [0.25, 0.3) is 0 Å². The number of unbranched alkanes of at least 4 members (excludes halogenated alkanes) is 7. The maximum absolute atomic E-state index is 13.5. The Kier molecular flexibility index (Phi) is 16.7. The van der Waals surface area contributed by atoms with Gasteiger partial charge in [-0.15, -0.1) is 6.58 Å². The van der Waals surface area contributed by atoms with Crippen LogP contribution < -0.4 is 0 Å². The molecule has 0 radical (unpaired) electrons. The predicted molar refractivity (Wildman–Crippen MR) is 193 cm³/mol. The van der Waals surface area contributed by atoms with Crippen LogP contribution in [0, 0.1) is 0 Å². The fraction of sp³-hybridized carbons (Fsp3) is 0.857. The Hall–Kier alpha value is -0.319. The summed E-state index contributed by atoms with van der Waals surface area (Å²) in [6.07, 6.45) is 18.3. The first-order valence-corrected chi connectivity index (χ1v) is 25.4. The van der Waals surface area contributed by atoms with Crippen molar-refractivity contribution in [2.75, 3.05) is 0 Å². The molecule has 1 unspecified atom stereocenters. The summed E-state index contributed by atoms with van der Waals surface area (Å²) in [4.78, 5) is 13.5. The average molecular weight is 641 g/mol. The largest absolute Gasteiger partial charge is 0.408 e. The number of hydrogen-bond donors (Lipinski definition) is 0. The van der Waals surface area contributed by atoms with Crippen LogP contribution in [0.15, 0.2) is 24.8 Å². The van der Waals surface area contributed by atoms with Crippen molar-refractivity contribution in [3.63, 3.8) is 0 Å². The van der Waals surface area contributed by atoms with E-state index in [1.165, 1.54) is 25.7 Å². The summed E-state index contributed by atoms with van der Waals surface area (Å²) in [7, 11) is -7.03. The second-order valence-corrected chi connectivity index (χ2v) is 31.2. The molecule has 0 aromatic heterocycles. The smallest absolute Gasteiger partial charge is 0.233 e. The molecule has 42 heavy (non-hydrogen) atoms. The Morgan fingerprint density at radius 1 is 0.595 bits per heavy atom. The van der Waals surface area contributed by atoms with E-state index in [0.717, 1.165) is 44.8 Å². The highest BCUT2D eigenvalue weighted by atomic mass is 28.4. The van der Waals surface area contributed by atoms with Crippen LogP contribution in [-0.4, -0.2) is 43.1 Å². The van der Waals surface area contributed by atoms with Gasteiger partial charge in [-0.3, -0.25) is 4.79 Å². The number of carbonyl (C=O) groups excluding carboxylic acids is 1. The summed E-state index contributed by atoms with van der Waals surface area (Å²) in [5.41, 5.74) is 0. The third-order valence-electron chi connectivity index (χ3n) is 10.1. The lowest BCUT2D eigenvalue weighted by atomic mass is 10.0. The van der Waals surface area contributed by atoms with Gasteiger partial charge in [-0.1, -0.05) is 113 Å². The summed E-state index contributed by atoms with van der Waals surface area (Å²) in [5.74, 6) is -1.40. The lowest BCUT2D eigenvalue weighted by Gasteiger charge is -2.52. The molecule has 0 aliphatic heterocycles. The first-order chi connectivity index (χ1) is 18.9. The van der Waals surface area contributed by atoms with Crippen LogP contribution in [0.5, 0.6) is 0 Å². The van der Waals surface area contributed by atoms with Gasteiger partial charge in [-0.05, 0) is 86.5 Å². The van der Waals surface area contributed by atoms with Gasteiger partial charge in [-0.25, -0.2) is 0 Å². The van der Waals surface area contributed by atoms with Gasteiger partial charge >= 0.3 is 0 Å². The zero-order valence-electron chi connectivity index (χ0n) is 30.8. The third-order valence-corrected chi connectivity index (χ3v) is 23.5. The maximum Gasteiger partial charge on any atom is 0.233 e. The molecule has 0 fully saturated rings. The van der Waals surface area contributed by atoms with Crippen molar-refractivity contribution in [1.29, 1.82) is 0 Å². The summed E-state index contributed by atoms with van der Waals surface area (Å²) in [6, 6.07) is 0. The van der Waals surface area contributed by atoms with E-state index < -0.39 is 36.8 Å². The standard InChI is InChI=1S/C35H72O4Si3/c1-17-18-19-20-21-22-23-24-25-26-27-28-29-31(37-40(11,12)32(2,3)4)35(30-36,38-41(13,14)33(5,6)7)39-42(15,16)34(8,9)10/h17,20-21,30-31H,1,18-19,22-29H2,2-16H3. The van der Waals surface area contributed by atoms with Gasteiger partial charge in [0, 0.05) is 0 Å². The van der Waals surface area contributed by atoms with Gasteiger partial charge in [0.1, 0.15) is 6.10 Å². The Labute approximate surface area is 266 Å². The van der Waals surface area contributed by atoms with E-state index >= 15 is 0 Å². The summed E-state index contributed by atoms with van der Waals surface area (Å²) in [5, 5.41) is -0.130. The zero-order chi connectivity index (χ0) is 33.1. The van der Waals surface area contributed by atoms with Gasteiger partial charge in [0.05, 0.1) is 0 Å². The van der Waals surface area contributed by atoms with Crippen molar-refractivity contribution in [3.8, 4) is 0 Å². The monoisotopic (exact) mass is 640 g/mol. The second-order valence-electron chi connectivity index (χ2n) is 17.0. The molecule has 0 amide bonds. The van der Waals surface area contributed by atoms with Crippen LogP contribution in [0.3, 0.4) is 0 Å². The number of allylic oxidation sites excluding steroid dienone is 3. The number of rotatable bonds is 20. The Morgan fingerprint density at radius 3 is 1.40 bits per heavy atom. The highest BCUT2D eigenvalue weighted by molar-refractivity contribution is 6.76. The predicted octanol–water partition coefficient (Wildman–Crippen LogP) is 12.0. The molecule has 248 valence electrons. The minimum Gasteiger partial charge on any atom is -0.408 e. The van der Waals surface area contributed by atoms with Crippen LogP contribution in [0.4, 0.5) is 0 Å². The van der Waals surface area contributed by atoms with Gasteiger partial charge in [0.25, 0.3) is 0 Å². The Bertz CT molecular complexity index is 799. The van der Waals surface area contributed by atoms with E-state index in [2.05, 4.69) is 120 Å². The van der Waals surface area contributed by atoms with E-state index in [-0.39, 0.29) is 15.1 Å². The molecule has 0 saturated heterocycles. The van der Waals surface area contributed by atoms with Gasteiger partial charge in [0.15, 0.2) is 31.2 Å². The first-order valence-electron chi connectivity index (χ1n) is 16.7. The molecule has 1 atom stereocenters. The minimum atomic E-state index is -2.40. The second kappa shape index (κ2) is 16.8. The molecular formula is C35H72O4Si3. The average Bonchev–Trinajstić information content (AvgIpc) is 2.81. The summed E-state index contributed by atoms with van der Waals surface area (Å²) < 4.78 is 21.4. The highest BCUT2D eigenvalue weighted by Crippen LogP contribution is 2.47. The molecule has 0 N–H and O–H groups in total. The molecule has 0 bridgehead atoms. The maximum atomic E-state index is 13.5. The van der Waals surface area contributed by atoms with Crippen molar-refractivity contribution in [2.45, 2.75) is 193 Å².